The molecule has 4 heteroatoms. The van der Waals surface area contributed by atoms with Crippen molar-refractivity contribution >= 4 is 25.8 Å². The van der Waals surface area contributed by atoms with Gasteiger partial charge in [0.15, 0.2) is 9.84 Å². The lowest BCUT2D eigenvalue weighted by molar-refractivity contribution is 0.567. The topological polar surface area (TPSA) is 34.1 Å². The number of alkyl halides is 1. The Morgan fingerprint density at radius 3 is 1.91 bits per heavy atom. The van der Waals surface area contributed by atoms with Crippen molar-refractivity contribution in [2.24, 2.45) is 0 Å². The highest BCUT2D eigenvalue weighted by Gasteiger charge is 2.30. The molecule has 0 unspecified atom stereocenters. The van der Waals surface area contributed by atoms with Gasteiger partial charge in [-0.1, -0.05) is 22.5 Å². The van der Waals surface area contributed by atoms with Crippen LogP contribution in [0.2, 0.25) is 0 Å². The van der Waals surface area contributed by atoms with E-state index in [0.717, 1.165) is 0 Å². The monoisotopic (exact) mass is 240 g/mol. The van der Waals surface area contributed by atoms with Gasteiger partial charge in [0, 0.05) is 10.2 Å². The van der Waals surface area contributed by atoms with Gasteiger partial charge in [0.25, 0.3) is 0 Å². The van der Waals surface area contributed by atoms with Crippen LogP contribution in [0, 0.1) is 0 Å². The first-order valence-electron chi connectivity index (χ1n) is 3.22. The Morgan fingerprint density at radius 1 is 1.45 bits per heavy atom. The lowest BCUT2D eigenvalue weighted by atomic mass is 10.3. The first-order valence-corrected chi connectivity index (χ1v) is 5.82. The van der Waals surface area contributed by atoms with Gasteiger partial charge < -0.3 is 0 Å². The summed E-state index contributed by atoms with van der Waals surface area (Å²) in [6.45, 7) is 8.47. The molecular weight excluding hydrogens is 228 g/mol. The minimum Gasteiger partial charge on any atom is -0.223 e. The average molecular weight is 241 g/mol. The van der Waals surface area contributed by atoms with Crippen LogP contribution in [0.5, 0.6) is 0 Å². The van der Waals surface area contributed by atoms with Gasteiger partial charge in [-0.25, -0.2) is 8.42 Å². The molecule has 0 saturated heterocycles. The molecule has 0 amide bonds. The molecule has 0 rings (SSSR count). The van der Waals surface area contributed by atoms with Crippen LogP contribution >= 0.6 is 15.9 Å². The summed E-state index contributed by atoms with van der Waals surface area (Å²) in [7, 11) is -3.17. The van der Waals surface area contributed by atoms with Gasteiger partial charge in [0.05, 0.1) is 4.75 Å². The Labute approximate surface area is 76.7 Å². The van der Waals surface area contributed by atoms with Gasteiger partial charge >= 0.3 is 0 Å². The third-order valence-electron chi connectivity index (χ3n) is 1.34. The molecule has 0 aromatic heterocycles. The number of rotatable bonds is 2. The van der Waals surface area contributed by atoms with Gasteiger partial charge in [0.2, 0.25) is 0 Å². The summed E-state index contributed by atoms with van der Waals surface area (Å²) >= 11 is 3.06. The van der Waals surface area contributed by atoms with E-state index in [9.17, 15) is 8.42 Å². The molecule has 0 heterocycles. The minimum absolute atomic E-state index is 0.241. The molecule has 0 aliphatic heterocycles. The third kappa shape index (κ3) is 2.30. The van der Waals surface area contributed by atoms with Crippen molar-refractivity contribution in [2.75, 3.05) is 5.33 Å². The van der Waals surface area contributed by atoms with Crippen molar-refractivity contribution < 1.29 is 8.42 Å². The molecule has 0 spiro atoms. The maximum absolute atomic E-state index is 11.5. The van der Waals surface area contributed by atoms with Crippen molar-refractivity contribution in [3.05, 3.63) is 11.5 Å². The number of allylic oxidation sites excluding steroid dienone is 1. The fraction of sp³-hybridized carbons (Fsp3) is 0.714. The zero-order chi connectivity index (χ0) is 9.28. The standard InChI is InChI=1S/C7H13BrO2S/c1-6(5-8)11(9,10)7(2,3)4/h1,5H2,2-4H3. The number of hydrogen-bond donors (Lipinski definition) is 0. The van der Waals surface area contributed by atoms with Crippen LogP contribution < -0.4 is 0 Å². The first-order chi connectivity index (χ1) is 4.73. The molecule has 0 fully saturated rings. The Balaban J connectivity index is 4.93. The fourth-order valence-corrected chi connectivity index (χ4v) is 2.42. The molecule has 2 nitrogen and oxygen atoms in total. The number of halogens is 1. The smallest absolute Gasteiger partial charge is 0.179 e. The molecule has 0 N–H and O–H groups in total. The highest BCUT2D eigenvalue weighted by molar-refractivity contribution is 9.09. The average Bonchev–Trinajstić information content (AvgIpc) is 1.83. The summed E-state index contributed by atoms with van der Waals surface area (Å²) in [5, 5.41) is 0.312. The van der Waals surface area contributed by atoms with E-state index in [2.05, 4.69) is 22.5 Å². The highest BCUT2D eigenvalue weighted by atomic mass is 79.9. The van der Waals surface area contributed by atoms with Crippen molar-refractivity contribution in [1.29, 1.82) is 0 Å². The molecule has 0 aliphatic rings. The van der Waals surface area contributed by atoms with Gasteiger partial charge in [-0.2, -0.15) is 0 Å². The van der Waals surface area contributed by atoms with Crippen LogP contribution in [0.15, 0.2) is 11.5 Å². The molecule has 0 aliphatic carbocycles. The predicted molar refractivity (Wildman–Crippen MR) is 51.6 cm³/mol. The van der Waals surface area contributed by atoms with E-state index in [4.69, 9.17) is 0 Å². The Morgan fingerprint density at radius 2 is 1.82 bits per heavy atom. The van der Waals surface area contributed by atoms with Crippen molar-refractivity contribution in [3.63, 3.8) is 0 Å². The maximum atomic E-state index is 11.5. The van der Waals surface area contributed by atoms with E-state index in [1.165, 1.54) is 0 Å². The van der Waals surface area contributed by atoms with E-state index >= 15 is 0 Å². The first kappa shape index (κ1) is 11.2. The van der Waals surface area contributed by atoms with Crippen molar-refractivity contribution in [1.82, 2.24) is 0 Å². The largest absolute Gasteiger partial charge is 0.223 e. The van der Waals surface area contributed by atoms with Crippen LogP contribution in [-0.2, 0) is 9.84 Å². The van der Waals surface area contributed by atoms with E-state index in [-0.39, 0.29) is 4.91 Å². The minimum atomic E-state index is -3.17. The molecule has 0 saturated carbocycles. The van der Waals surface area contributed by atoms with E-state index in [0.29, 0.717) is 5.33 Å². The molecule has 11 heavy (non-hydrogen) atoms. The zero-order valence-corrected chi connectivity index (χ0v) is 9.42. The van der Waals surface area contributed by atoms with E-state index < -0.39 is 14.6 Å². The number of sulfone groups is 1. The lowest BCUT2D eigenvalue weighted by Crippen LogP contribution is -2.29. The maximum Gasteiger partial charge on any atom is 0.179 e. The molecule has 66 valence electrons. The molecule has 0 bridgehead atoms. The third-order valence-corrected chi connectivity index (χ3v) is 4.90. The van der Waals surface area contributed by atoms with E-state index in [1.54, 1.807) is 20.8 Å². The summed E-state index contributed by atoms with van der Waals surface area (Å²) in [4.78, 5) is 0.241. The van der Waals surface area contributed by atoms with Crippen molar-refractivity contribution in [3.8, 4) is 0 Å². The molecule has 0 aromatic rings. The van der Waals surface area contributed by atoms with Gasteiger partial charge in [-0.3, -0.25) is 0 Å². The summed E-state index contributed by atoms with van der Waals surface area (Å²) in [5.74, 6) is 0. The molecule has 0 radical (unpaired) electrons. The molecular formula is C7H13BrO2S. The van der Waals surface area contributed by atoms with Crippen LogP contribution in [0.25, 0.3) is 0 Å². The second-order valence-electron chi connectivity index (χ2n) is 3.29. The number of hydrogen-bond acceptors (Lipinski definition) is 2. The summed E-state index contributed by atoms with van der Waals surface area (Å²) in [6, 6.07) is 0. The van der Waals surface area contributed by atoms with Gasteiger partial charge in [-0.15, -0.1) is 0 Å². The molecule has 0 aromatic carbocycles. The van der Waals surface area contributed by atoms with Crippen LogP contribution in [0.3, 0.4) is 0 Å². The SMILES string of the molecule is C=C(CBr)S(=O)(=O)C(C)(C)C. The zero-order valence-electron chi connectivity index (χ0n) is 7.02. The Hall–Kier alpha value is 0.170. The van der Waals surface area contributed by atoms with Crippen LogP contribution in [0.4, 0.5) is 0 Å². The normalized spacial score (nSPS) is 13.1. The predicted octanol–water partition coefficient (Wildman–Crippen LogP) is 2.11. The highest BCUT2D eigenvalue weighted by Crippen LogP contribution is 2.23. The second-order valence-corrected chi connectivity index (χ2v) is 6.66. The van der Waals surface area contributed by atoms with E-state index in [1.807, 2.05) is 0 Å². The van der Waals surface area contributed by atoms with Crippen LogP contribution in [-0.4, -0.2) is 18.5 Å². The summed E-state index contributed by atoms with van der Waals surface area (Å²) < 4.78 is 22.2. The summed E-state index contributed by atoms with van der Waals surface area (Å²) in [6.07, 6.45) is 0. The van der Waals surface area contributed by atoms with Gasteiger partial charge in [0.1, 0.15) is 0 Å². The molecule has 0 atom stereocenters. The van der Waals surface area contributed by atoms with Crippen LogP contribution in [0.1, 0.15) is 20.8 Å². The Kier molecular flexibility index (Phi) is 3.32. The van der Waals surface area contributed by atoms with Crippen molar-refractivity contribution in [2.45, 2.75) is 25.5 Å². The lowest BCUT2D eigenvalue weighted by Gasteiger charge is -2.19. The summed E-state index contributed by atoms with van der Waals surface area (Å²) in [5.41, 5.74) is 0. The quantitative estimate of drug-likeness (QED) is 0.694. The Bertz CT molecular complexity index is 246. The second kappa shape index (κ2) is 3.27. The van der Waals surface area contributed by atoms with Gasteiger partial charge in [-0.05, 0) is 20.8 Å². The fourth-order valence-electron chi connectivity index (χ4n) is 0.505.